The van der Waals surface area contributed by atoms with E-state index in [1.165, 1.54) is 33.4 Å². The molecule has 15 aliphatic rings. The number of pyridine rings is 4. The number of ether oxygens (including phenoxy) is 10. The van der Waals surface area contributed by atoms with Gasteiger partial charge in [-0.15, -0.1) is 0 Å². The van der Waals surface area contributed by atoms with Crippen molar-refractivity contribution in [3.63, 3.8) is 0 Å². The molecule has 0 radical (unpaired) electrons. The molecular weight excluding hydrogens is 1430 g/mol. The van der Waals surface area contributed by atoms with Gasteiger partial charge in [0, 0.05) is 92.3 Å². The van der Waals surface area contributed by atoms with Gasteiger partial charge in [-0.2, -0.15) is 0 Å². The molecule has 20 heteroatoms. The van der Waals surface area contributed by atoms with Crippen molar-refractivity contribution >= 4 is 32.9 Å². The maximum Gasteiger partial charge on any atom is 0.173 e. The lowest BCUT2D eigenvalue weighted by atomic mass is 10.1. The van der Waals surface area contributed by atoms with Crippen LogP contribution in [0.25, 0.3) is 32.7 Å². The average Bonchev–Trinajstić information content (AvgIpc) is 1.40. The van der Waals surface area contributed by atoms with Crippen LogP contribution in [0.5, 0.6) is 23.0 Å². The third-order valence-corrected chi connectivity index (χ3v) is 14.9. The maximum absolute atomic E-state index is 6.02. The lowest BCUT2D eigenvalue weighted by Crippen LogP contribution is -3.00. The number of nitrogens with one attached hydrogen (secondary N) is 2. The molecular formula is C72H78Br4N6O10. The lowest BCUT2D eigenvalue weighted by molar-refractivity contribution is -0.689. The molecule has 0 amide bonds. The highest BCUT2D eigenvalue weighted by atomic mass is 79.9. The van der Waals surface area contributed by atoms with Gasteiger partial charge in [0.05, 0.1) is 90.7 Å². The van der Waals surface area contributed by atoms with Crippen LogP contribution in [0.3, 0.4) is 0 Å². The van der Waals surface area contributed by atoms with Gasteiger partial charge >= 0.3 is 0 Å². The minimum absolute atomic E-state index is 0. The number of aromatic nitrogens is 4. The second-order valence-electron chi connectivity index (χ2n) is 21.2. The van der Waals surface area contributed by atoms with Gasteiger partial charge < -0.3 is 126 Å². The van der Waals surface area contributed by atoms with Crippen LogP contribution in [0.1, 0.15) is 22.3 Å². The van der Waals surface area contributed by atoms with E-state index < -0.39 is 0 Å². The maximum atomic E-state index is 6.02. The van der Waals surface area contributed by atoms with Crippen LogP contribution >= 0.6 is 0 Å². The Kier molecular flexibility index (Phi) is 31.0. The predicted octanol–water partition coefficient (Wildman–Crippen LogP) is -2.21. The molecule has 4 aromatic heterocycles. The van der Waals surface area contributed by atoms with Crippen molar-refractivity contribution in [3.05, 3.63) is 242 Å². The van der Waals surface area contributed by atoms with Crippen LogP contribution in [0.2, 0.25) is 0 Å². The van der Waals surface area contributed by atoms with E-state index in [1.54, 1.807) is 0 Å². The molecule has 0 aliphatic carbocycles. The zero-order valence-corrected chi connectivity index (χ0v) is 57.7. The highest BCUT2D eigenvalue weighted by Crippen LogP contribution is 2.34. The molecule has 15 aliphatic heterocycles. The number of hydrogen-bond acceptors (Lipinski definition) is 12. The van der Waals surface area contributed by atoms with Crippen molar-refractivity contribution < 1.29 is 134 Å². The normalized spacial score (nSPS) is 14.9. The smallest absolute Gasteiger partial charge is 0.173 e. The lowest BCUT2D eigenvalue weighted by Gasteiger charge is -2.14. The molecule has 16 nitrogen and oxygen atoms in total. The van der Waals surface area contributed by atoms with Crippen LogP contribution < -0.4 is 116 Å². The molecule has 0 unspecified atom stereocenters. The number of hydrogen-bond donors (Lipinski definition) is 2. The Balaban J connectivity index is 0.000000251. The van der Waals surface area contributed by atoms with Crippen LogP contribution in [-0.4, -0.2) is 106 Å². The molecule has 0 saturated carbocycles. The zero-order chi connectivity index (χ0) is 59.6. The Hall–Kier alpha value is -7.08. The number of hydrazine groups is 1. The van der Waals surface area contributed by atoms with Gasteiger partial charge in [0.25, 0.3) is 0 Å². The first-order valence-corrected chi connectivity index (χ1v) is 30.3. The molecule has 484 valence electrons. The minimum atomic E-state index is 0. The van der Waals surface area contributed by atoms with E-state index in [4.69, 9.17) is 47.4 Å². The van der Waals surface area contributed by atoms with Gasteiger partial charge in [-0.3, -0.25) is 0 Å². The van der Waals surface area contributed by atoms with Crippen LogP contribution in [0.15, 0.2) is 219 Å². The Morgan fingerprint density at radius 3 is 0.663 bits per heavy atom. The fourth-order valence-corrected chi connectivity index (χ4v) is 10.2. The Bertz CT molecular complexity index is 3380. The van der Waals surface area contributed by atoms with E-state index in [2.05, 4.69) is 176 Å². The standard InChI is InChI=1S/C36H32N6.C36H44O10.4BrH/c1-5-31-6-2-29(1)25-39-17-9-33(10-18-39)34-11-19-40(20-12-34)26-30-3-7-32(8-4-30)28-42-23-15-36(16-24-42)38-37-35-13-21-41(27-31)22-14-35;1-5-29-30-6-2-10-34(29)44-26-22-40-18-14-38-16-20-42-24-28-46-36-12-4-7-31-32(36)8-3-11-35(31)45-27-23-41-19-15-37-13-17-39-21-25-43-33(30)9-1;;;;/h1-24H,25-28H2;1-12H,13-28H2;4*1H/q+2;;;;;/p-2. The molecule has 6 aromatic carbocycles. The fraction of sp³-hybridized carbons (Fsp3) is 0.278. The SMILES string of the molecule is [Br-].[Br-].[Br-].[Br-].c1cc2c3cccc(c3c1)OCCOCCOCCOCCOc1cccc3c(cccc13)OCCOCCOCCOCCO2.c1cc2ccc1C[n+]1ccc(cc1)NNc1cc[n+](cc1)Cc1ccc(cc1)C[n+]1ccc(cc1)-c1cc[n+](cc1)C2. The second kappa shape index (κ2) is 39.5. The summed E-state index contributed by atoms with van der Waals surface area (Å²) < 4.78 is 66.9. The molecule has 0 fully saturated rings. The van der Waals surface area contributed by atoms with Crippen molar-refractivity contribution in [2.24, 2.45) is 0 Å². The molecule has 92 heavy (non-hydrogen) atoms. The van der Waals surface area contributed by atoms with Crippen LogP contribution in [0.4, 0.5) is 11.4 Å². The summed E-state index contributed by atoms with van der Waals surface area (Å²) in [5.41, 5.74) is 16.2. The molecule has 0 saturated heterocycles. The van der Waals surface area contributed by atoms with E-state index in [0.717, 1.165) is 82.1 Å². The van der Waals surface area contributed by atoms with Crippen molar-refractivity contribution in [1.29, 1.82) is 0 Å². The van der Waals surface area contributed by atoms with Crippen molar-refractivity contribution in [2.75, 3.05) is 117 Å². The van der Waals surface area contributed by atoms with Gasteiger partial charge in [0.1, 0.15) is 49.4 Å². The molecule has 0 spiro atoms. The molecule has 0 atom stereocenters. The van der Waals surface area contributed by atoms with Crippen molar-refractivity contribution in [2.45, 2.75) is 26.2 Å². The van der Waals surface area contributed by atoms with E-state index in [9.17, 15) is 0 Å². The summed E-state index contributed by atoms with van der Waals surface area (Å²) >= 11 is 0. The van der Waals surface area contributed by atoms with Crippen molar-refractivity contribution in [3.8, 4) is 34.1 Å². The summed E-state index contributed by atoms with van der Waals surface area (Å²) in [6, 6.07) is 58.7. The Labute approximate surface area is 580 Å². The number of anilines is 2. The van der Waals surface area contributed by atoms with E-state index in [-0.39, 0.29) is 67.9 Å². The summed E-state index contributed by atoms with van der Waals surface area (Å²) in [4.78, 5) is 0. The van der Waals surface area contributed by atoms with Gasteiger partial charge in [0.15, 0.2) is 75.8 Å². The molecule has 25 rings (SSSR count). The highest BCUT2D eigenvalue weighted by Gasteiger charge is 2.13. The Morgan fingerprint density at radius 2 is 0.435 bits per heavy atom. The van der Waals surface area contributed by atoms with Crippen LogP contribution in [-0.2, 0) is 54.6 Å². The first kappa shape index (κ1) is 72.3. The quantitative estimate of drug-likeness (QED) is 0.160. The monoisotopic (exact) mass is 1500 g/mol. The van der Waals surface area contributed by atoms with E-state index in [0.29, 0.717) is 106 Å². The second-order valence-corrected chi connectivity index (χ2v) is 21.2. The molecule has 20 bridgehead atoms. The Morgan fingerprint density at radius 1 is 0.228 bits per heavy atom. The third-order valence-electron chi connectivity index (χ3n) is 14.9. The van der Waals surface area contributed by atoms with E-state index in [1.807, 2.05) is 72.8 Å². The molecule has 2 N–H and O–H groups in total. The van der Waals surface area contributed by atoms with Crippen LogP contribution in [0, 0.1) is 0 Å². The number of nitrogens with zero attached hydrogens (tertiary/aromatic N) is 4. The van der Waals surface area contributed by atoms with Gasteiger partial charge in [-0.25, -0.2) is 18.3 Å². The topological polar surface area (TPSA) is 132 Å². The minimum Gasteiger partial charge on any atom is -1.00 e. The summed E-state index contributed by atoms with van der Waals surface area (Å²) in [7, 11) is 0. The summed E-state index contributed by atoms with van der Waals surface area (Å²) in [6.07, 6.45) is 17.1. The molecule has 10 aromatic rings. The largest absolute Gasteiger partial charge is 1.00 e. The van der Waals surface area contributed by atoms with Crippen molar-refractivity contribution in [1.82, 2.24) is 0 Å². The molecule has 19 heterocycles. The number of rotatable bonds is 0. The third kappa shape index (κ3) is 22.3. The first-order valence-electron chi connectivity index (χ1n) is 30.3. The predicted molar refractivity (Wildman–Crippen MR) is 337 cm³/mol. The highest BCUT2D eigenvalue weighted by molar-refractivity contribution is 5.94. The number of benzene rings is 6. The summed E-state index contributed by atoms with van der Waals surface area (Å²) in [6.45, 7) is 10.8. The summed E-state index contributed by atoms with van der Waals surface area (Å²) in [5, 5.41) is 3.94. The fourth-order valence-electron chi connectivity index (χ4n) is 10.2. The average molecular weight is 1510 g/mol. The zero-order valence-electron chi connectivity index (χ0n) is 51.3. The number of halogens is 4. The van der Waals surface area contributed by atoms with Gasteiger partial charge in [0.2, 0.25) is 0 Å². The van der Waals surface area contributed by atoms with Gasteiger partial charge in [-0.05, 0) is 35.4 Å². The summed E-state index contributed by atoms with van der Waals surface area (Å²) in [5.74, 6) is 3.15. The first-order chi connectivity index (χ1) is 43.6. The van der Waals surface area contributed by atoms with E-state index >= 15 is 0 Å². The van der Waals surface area contributed by atoms with Gasteiger partial charge in [-0.1, -0.05) is 97.1 Å².